The van der Waals surface area contributed by atoms with Crippen LogP contribution >= 0.6 is 0 Å². The van der Waals surface area contributed by atoms with E-state index in [0.717, 1.165) is 30.9 Å². The highest BCUT2D eigenvalue weighted by molar-refractivity contribution is 5.78. The molecule has 1 aliphatic rings. The summed E-state index contributed by atoms with van der Waals surface area (Å²) in [6.07, 6.45) is 1.96. The van der Waals surface area contributed by atoms with Crippen molar-refractivity contribution in [2.45, 2.75) is 39.7 Å². The molecule has 2 atom stereocenters. The van der Waals surface area contributed by atoms with Crippen LogP contribution in [0.3, 0.4) is 0 Å². The molecule has 2 unspecified atom stereocenters. The van der Waals surface area contributed by atoms with E-state index < -0.39 is 12.0 Å². The van der Waals surface area contributed by atoms with Crippen molar-refractivity contribution >= 4 is 11.8 Å². The molecule has 1 N–H and O–H groups in total. The third kappa shape index (κ3) is 2.44. The van der Waals surface area contributed by atoms with Gasteiger partial charge in [0.15, 0.2) is 0 Å². The highest BCUT2D eigenvalue weighted by Crippen LogP contribution is 2.28. The minimum absolute atomic E-state index is 0.145. The van der Waals surface area contributed by atoms with Gasteiger partial charge in [0, 0.05) is 18.3 Å². The van der Waals surface area contributed by atoms with Crippen LogP contribution < -0.4 is 4.90 Å². The molecule has 0 amide bonds. The fraction of sp³-hybridized carbons (Fsp3) is 0.615. The fourth-order valence-electron chi connectivity index (χ4n) is 2.67. The maximum atomic E-state index is 11.4. The maximum absolute atomic E-state index is 11.4. The predicted octanol–water partition coefficient (Wildman–Crippen LogP) is 1.78. The third-order valence-corrected chi connectivity index (χ3v) is 3.43. The van der Waals surface area contributed by atoms with Crippen LogP contribution in [0.25, 0.3) is 0 Å². The summed E-state index contributed by atoms with van der Waals surface area (Å²) in [5, 5.41) is 9.39. The molecule has 1 aliphatic heterocycles. The second-order valence-corrected chi connectivity index (χ2v) is 5.01. The monoisotopic (exact) mass is 249 g/mol. The van der Waals surface area contributed by atoms with Crippen LogP contribution in [0.2, 0.25) is 0 Å². The minimum atomic E-state index is -0.767. The van der Waals surface area contributed by atoms with Crippen molar-refractivity contribution < 1.29 is 9.90 Å². The lowest BCUT2D eigenvalue weighted by Gasteiger charge is -2.38. The van der Waals surface area contributed by atoms with Crippen LogP contribution in [0.5, 0.6) is 0 Å². The SMILES string of the molecule is Cc1cc(N2CCCC(C)C2C(=O)O)nc(C)n1. The lowest BCUT2D eigenvalue weighted by Crippen LogP contribution is -2.49. The Morgan fingerprint density at radius 1 is 1.44 bits per heavy atom. The summed E-state index contributed by atoms with van der Waals surface area (Å²) in [4.78, 5) is 21.9. The number of anilines is 1. The lowest BCUT2D eigenvalue weighted by molar-refractivity contribution is -0.140. The molecule has 0 aromatic carbocycles. The van der Waals surface area contributed by atoms with Crippen LogP contribution in [0.15, 0.2) is 6.07 Å². The first-order valence-corrected chi connectivity index (χ1v) is 6.31. The Bertz CT molecular complexity index is 441. The number of nitrogens with zero attached hydrogens (tertiary/aromatic N) is 3. The highest BCUT2D eigenvalue weighted by Gasteiger charge is 2.35. The fourth-order valence-corrected chi connectivity index (χ4v) is 2.67. The number of aromatic nitrogens is 2. The molecule has 1 aromatic heterocycles. The molecule has 5 nitrogen and oxygen atoms in total. The van der Waals surface area contributed by atoms with Crippen LogP contribution in [-0.4, -0.2) is 33.6 Å². The number of aliphatic carboxylic acids is 1. The first-order valence-electron chi connectivity index (χ1n) is 6.31. The number of carboxylic acids is 1. The van der Waals surface area contributed by atoms with Crippen molar-refractivity contribution in [2.75, 3.05) is 11.4 Å². The summed E-state index contributed by atoms with van der Waals surface area (Å²) in [5.74, 6) is 0.800. The normalized spacial score (nSPS) is 24.1. The quantitative estimate of drug-likeness (QED) is 0.865. The molecule has 0 radical (unpaired) electrons. The van der Waals surface area contributed by atoms with Crippen LogP contribution in [0, 0.1) is 19.8 Å². The maximum Gasteiger partial charge on any atom is 0.326 e. The van der Waals surface area contributed by atoms with E-state index in [4.69, 9.17) is 0 Å². The second kappa shape index (κ2) is 4.92. The molecule has 0 saturated carbocycles. The molecule has 1 saturated heterocycles. The molecular formula is C13H19N3O2. The zero-order chi connectivity index (χ0) is 13.3. The Morgan fingerprint density at radius 2 is 2.17 bits per heavy atom. The summed E-state index contributed by atoms with van der Waals surface area (Å²) in [6, 6.07) is 1.38. The number of carbonyl (C=O) groups is 1. The Balaban J connectivity index is 2.37. The van der Waals surface area contributed by atoms with Crippen molar-refractivity contribution in [1.29, 1.82) is 0 Å². The van der Waals surface area contributed by atoms with Crippen molar-refractivity contribution in [2.24, 2.45) is 5.92 Å². The van der Waals surface area contributed by atoms with E-state index in [-0.39, 0.29) is 5.92 Å². The zero-order valence-electron chi connectivity index (χ0n) is 11.1. The van der Waals surface area contributed by atoms with E-state index in [2.05, 4.69) is 9.97 Å². The zero-order valence-corrected chi connectivity index (χ0v) is 11.1. The summed E-state index contributed by atoms with van der Waals surface area (Å²) in [6.45, 7) is 6.48. The molecule has 1 fully saturated rings. The Kier molecular flexibility index (Phi) is 3.50. The molecule has 2 heterocycles. The third-order valence-electron chi connectivity index (χ3n) is 3.43. The van der Waals surface area contributed by atoms with Gasteiger partial charge in [-0.15, -0.1) is 0 Å². The van der Waals surface area contributed by atoms with Crippen LogP contribution in [0.4, 0.5) is 5.82 Å². The van der Waals surface area contributed by atoms with Crippen molar-refractivity contribution in [3.8, 4) is 0 Å². The summed E-state index contributed by atoms with van der Waals surface area (Å²) in [7, 11) is 0. The Hall–Kier alpha value is -1.65. The Morgan fingerprint density at radius 3 is 2.78 bits per heavy atom. The number of aryl methyl sites for hydroxylation is 2. The van der Waals surface area contributed by atoms with Crippen molar-refractivity contribution in [1.82, 2.24) is 9.97 Å². The molecule has 2 rings (SSSR count). The van der Waals surface area contributed by atoms with Crippen LogP contribution in [0.1, 0.15) is 31.3 Å². The smallest absolute Gasteiger partial charge is 0.326 e. The highest BCUT2D eigenvalue weighted by atomic mass is 16.4. The van der Waals surface area contributed by atoms with Gasteiger partial charge in [-0.05, 0) is 32.6 Å². The lowest BCUT2D eigenvalue weighted by atomic mass is 9.91. The van der Waals surface area contributed by atoms with Gasteiger partial charge in [-0.1, -0.05) is 6.92 Å². The van der Waals surface area contributed by atoms with E-state index in [1.165, 1.54) is 0 Å². The van der Waals surface area contributed by atoms with Gasteiger partial charge in [0.05, 0.1) is 0 Å². The van der Waals surface area contributed by atoms with Crippen molar-refractivity contribution in [3.63, 3.8) is 0 Å². The van der Waals surface area contributed by atoms with Gasteiger partial charge in [0.25, 0.3) is 0 Å². The van der Waals surface area contributed by atoms with Gasteiger partial charge in [-0.25, -0.2) is 14.8 Å². The van der Waals surface area contributed by atoms with Crippen molar-refractivity contribution in [3.05, 3.63) is 17.6 Å². The Labute approximate surface area is 107 Å². The summed E-state index contributed by atoms with van der Waals surface area (Å²) < 4.78 is 0. The number of carboxylic acid groups (broad SMARTS) is 1. The molecule has 0 bridgehead atoms. The van der Waals surface area contributed by atoms with E-state index in [1.54, 1.807) is 0 Å². The van der Waals surface area contributed by atoms with Gasteiger partial charge in [0.2, 0.25) is 0 Å². The number of hydrogen-bond donors (Lipinski definition) is 1. The second-order valence-electron chi connectivity index (χ2n) is 5.01. The topological polar surface area (TPSA) is 66.3 Å². The number of hydrogen-bond acceptors (Lipinski definition) is 4. The first-order chi connectivity index (χ1) is 8.49. The van der Waals surface area contributed by atoms with Gasteiger partial charge in [-0.3, -0.25) is 0 Å². The van der Waals surface area contributed by atoms with E-state index in [9.17, 15) is 9.90 Å². The minimum Gasteiger partial charge on any atom is -0.480 e. The molecule has 98 valence electrons. The van der Waals surface area contributed by atoms with E-state index >= 15 is 0 Å². The van der Waals surface area contributed by atoms with E-state index in [1.807, 2.05) is 31.7 Å². The van der Waals surface area contributed by atoms with Gasteiger partial charge >= 0.3 is 5.97 Å². The van der Waals surface area contributed by atoms with E-state index in [0.29, 0.717) is 5.82 Å². The van der Waals surface area contributed by atoms with Gasteiger partial charge in [-0.2, -0.15) is 0 Å². The largest absolute Gasteiger partial charge is 0.480 e. The number of piperidine rings is 1. The molecule has 5 heteroatoms. The average molecular weight is 249 g/mol. The van der Waals surface area contributed by atoms with Crippen LogP contribution in [-0.2, 0) is 4.79 Å². The standard InChI is InChI=1S/C13H19N3O2/c1-8-5-4-6-16(12(8)13(17)18)11-7-9(2)14-10(3)15-11/h7-8,12H,4-6H2,1-3H3,(H,17,18). The summed E-state index contributed by atoms with van der Waals surface area (Å²) in [5.41, 5.74) is 0.875. The van der Waals surface area contributed by atoms with Gasteiger partial charge < -0.3 is 10.0 Å². The average Bonchev–Trinajstić information content (AvgIpc) is 2.26. The first kappa shape index (κ1) is 12.8. The predicted molar refractivity (Wildman–Crippen MR) is 68.7 cm³/mol. The van der Waals surface area contributed by atoms with Gasteiger partial charge in [0.1, 0.15) is 17.7 Å². The summed E-state index contributed by atoms with van der Waals surface area (Å²) >= 11 is 0. The molecule has 18 heavy (non-hydrogen) atoms. The molecule has 1 aromatic rings. The molecule has 0 aliphatic carbocycles. The number of rotatable bonds is 2. The molecule has 0 spiro atoms. The molecular weight excluding hydrogens is 230 g/mol.